The fraction of sp³-hybridized carbons (Fsp3) is 0.0588. The van der Waals surface area contributed by atoms with Crippen molar-refractivity contribution in [3.8, 4) is 0 Å². The molecule has 0 saturated carbocycles. The van der Waals surface area contributed by atoms with E-state index >= 15 is 0 Å². The molecule has 0 unspecified atom stereocenters. The van der Waals surface area contributed by atoms with Gasteiger partial charge in [-0.1, -0.05) is 67.2 Å². The van der Waals surface area contributed by atoms with Gasteiger partial charge in [0.15, 0.2) is 0 Å². The van der Waals surface area contributed by atoms with E-state index in [2.05, 4.69) is 67.3 Å². The molecule has 2 rings (SSSR count). The lowest BCUT2D eigenvalue weighted by Crippen LogP contribution is -2.00. The van der Waals surface area contributed by atoms with Gasteiger partial charge in [0.05, 0.1) is 0 Å². The van der Waals surface area contributed by atoms with Gasteiger partial charge in [-0.05, 0) is 17.2 Å². The second-order valence-electron chi connectivity index (χ2n) is 3.86. The molecule has 0 atom stereocenters. The van der Waals surface area contributed by atoms with Gasteiger partial charge in [0.2, 0.25) is 0 Å². The van der Waals surface area contributed by atoms with Gasteiger partial charge in [-0.25, -0.2) is 0 Å². The number of rotatable bonds is 4. The number of allylic oxidation sites excluding steroid dienone is 1. The van der Waals surface area contributed by atoms with Crippen molar-refractivity contribution in [1.82, 2.24) is 0 Å². The van der Waals surface area contributed by atoms with Gasteiger partial charge < -0.3 is 0 Å². The summed E-state index contributed by atoms with van der Waals surface area (Å²) in [4.78, 5) is 0. The van der Waals surface area contributed by atoms with E-state index in [9.17, 15) is 0 Å². The average Bonchev–Trinajstić information content (AvgIpc) is 2.42. The molecule has 0 saturated heterocycles. The van der Waals surface area contributed by atoms with Gasteiger partial charge in [0.1, 0.15) is 0 Å². The molecule has 0 spiro atoms. The third kappa shape index (κ3) is 2.96. The van der Waals surface area contributed by atoms with E-state index in [0.29, 0.717) is 0 Å². The number of hydrogen-bond donors (Lipinski definition) is 0. The Bertz CT molecular complexity index is 451. The molecule has 0 aromatic heterocycles. The Kier molecular flexibility index (Phi) is 3.96. The lowest BCUT2D eigenvalue weighted by Gasteiger charge is -2.15. The standard InChI is InChI=1S/C17H15/c1-2-3-14-17(15-10-6-4-7-11-15)16-12-8-5-9-13-16/h3-14,17H,1H2. The SMILES string of the molecule is C=C=C[CH]C(c1ccccc1)c1ccccc1. The molecule has 0 aliphatic heterocycles. The normalized spacial score (nSPS) is 9.94. The average molecular weight is 219 g/mol. The van der Waals surface area contributed by atoms with Crippen LogP contribution in [0.1, 0.15) is 17.0 Å². The minimum atomic E-state index is 0.270. The molecule has 0 bridgehead atoms. The summed E-state index contributed by atoms with van der Waals surface area (Å²) in [5, 5.41) is 0. The molecule has 0 N–H and O–H groups in total. The zero-order valence-electron chi connectivity index (χ0n) is 9.71. The van der Waals surface area contributed by atoms with Crippen LogP contribution < -0.4 is 0 Å². The van der Waals surface area contributed by atoms with Crippen LogP contribution in [-0.4, -0.2) is 0 Å². The Labute approximate surface area is 103 Å². The minimum absolute atomic E-state index is 0.270. The second kappa shape index (κ2) is 5.89. The van der Waals surface area contributed by atoms with E-state index in [4.69, 9.17) is 0 Å². The van der Waals surface area contributed by atoms with E-state index < -0.39 is 0 Å². The Balaban J connectivity index is 2.35. The summed E-state index contributed by atoms with van der Waals surface area (Å²) in [6, 6.07) is 20.9. The number of benzene rings is 2. The summed E-state index contributed by atoms with van der Waals surface area (Å²) in [6.07, 6.45) is 4.00. The highest BCUT2D eigenvalue weighted by atomic mass is 14.1. The molecule has 83 valence electrons. The summed E-state index contributed by atoms with van der Waals surface area (Å²) in [5.74, 6) is 0.270. The molecule has 0 fully saturated rings. The highest BCUT2D eigenvalue weighted by Gasteiger charge is 2.11. The van der Waals surface area contributed by atoms with E-state index in [0.717, 1.165) is 0 Å². The first-order valence-electron chi connectivity index (χ1n) is 5.71. The van der Waals surface area contributed by atoms with Crippen LogP contribution >= 0.6 is 0 Å². The van der Waals surface area contributed by atoms with Crippen molar-refractivity contribution < 1.29 is 0 Å². The topological polar surface area (TPSA) is 0 Å². The summed E-state index contributed by atoms with van der Waals surface area (Å²) in [5.41, 5.74) is 5.37. The molecule has 0 heteroatoms. The Morgan fingerprint density at radius 3 is 1.71 bits per heavy atom. The monoisotopic (exact) mass is 219 g/mol. The van der Waals surface area contributed by atoms with Crippen molar-refractivity contribution in [2.24, 2.45) is 0 Å². The first kappa shape index (κ1) is 11.4. The van der Waals surface area contributed by atoms with Crippen LogP contribution in [0, 0.1) is 6.42 Å². The smallest absolute Gasteiger partial charge is 0.0164 e. The maximum Gasteiger partial charge on any atom is 0.0164 e. The van der Waals surface area contributed by atoms with Crippen molar-refractivity contribution in [1.29, 1.82) is 0 Å². The van der Waals surface area contributed by atoms with Gasteiger partial charge in [-0.3, -0.25) is 0 Å². The highest BCUT2D eigenvalue weighted by Crippen LogP contribution is 2.27. The zero-order chi connectivity index (χ0) is 11.9. The molecule has 0 amide bonds. The van der Waals surface area contributed by atoms with Gasteiger partial charge in [-0.2, -0.15) is 0 Å². The Morgan fingerprint density at radius 1 is 0.824 bits per heavy atom. The van der Waals surface area contributed by atoms with Crippen molar-refractivity contribution >= 4 is 0 Å². The summed E-state index contributed by atoms with van der Waals surface area (Å²) >= 11 is 0. The predicted molar refractivity (Wildman–Crippen MR) is 72.7 cm³/mol. The molecular formula is C17H15. The Morgan fingerprint density at radius 2 is 1.29 bits per heavy atom. The molecule has 0 aliphatic carbocycles. The van der Waals surface area contributed by atoms with Crippen LogP contribution in [0.2, 0.25) is 0 Å². The first-order valence-corrected chi connectivity index (χ1v) is 5.71. The van der Waals surface area contributed by atoms with Crippen LogP contribution in [0.15, 0.2) is 79.0 Å². The largest absolute Gasteiger partial charge is 0.133 e. The molecule has 2 aromatic rings. The molecule has 0 aliphatic rings. The maximum atomic E-state index is 3.61. The summed E-state index contributed by atoms with van der Waals surface area (Å²) < 4.78 is 0. The van der Waals surface area contributed by atoms with Crippen LogP contribution in [0.25, 0.3) is 0 Å². The van der Waals surface area contributed by atoms with Crippen molar-refractivity contribution in [3.05, 3.63) is 96.6 Å². The van der Waals surface area contributed by atoms with Crippen molar-refractivity contribution in [2.45, 2.75) is 5.92 Å². The first-order chi connectivity index (χ1) is 8.42. The van der Waals surface area contributed by atoms with Gasteiger partial charge >= 0.3 is 0 Å². The molecule has 0 nitrogen and oxygen atoms in total. The van der Waals surface area contributed by atoms with Crippen LogP contribution in [0.3, 0.4) is 0 Å². The molecule has 0 heterocycles. The van der Waals surface area contributed by atoms with E-state index in [-0.39, 0.29) is 5.92 Å². The lowest BCUT2D eigenvalue weighted by molar-refractivity contribution is 0.973. The van der Waals surface area contributed by atoms with Gasteiger partial charge in [-0.15, -0.1) is 5.73 Å². The number of hydrogen-bond acceptors (Lipinski definition) is 0. The summed E-state index contributed by atoms with van der Waals surface area (Å²) in [6.45, 7) is 3.61. The second-order valence-corrected chi connectivity index (χ2v) is 3.86. The quantitative estimate of drug-likeness (QED) is 0.670. The van der Waals surface area contributed by atoms with Crippen LogP contribution in [0.4, 0.5) is 0 Å². The highest BCUT2D eigenvalue weighted by molar-refractivity contribution is 5.36. The molecule has 1 radical (unpaired) electrons. The van der Waals surface area contributed by atoms with Crippen LogP contribution in [0.5, 0.6) is 0 Å². The lowest BCUT2D eigenvalue weighted by atomic mass is 9.89. The minimum Gasteiger partial charge on any atom is -0.133 e. The summed E-state index contributed by atoms with van der Waals surface area (Å²) in [7, 11) is 0. The fourth-order valence-corrected chi connectivity index (χ4v) is 1.90. The maximum absolute atomic E-state index is 3.61. The molecule has 17 heavy (non-hydrogen) atoms. The fourth-order valence-electron chi connectivity index (χ4n) is 1.90. The zero-order valence-corrected chi connectivity index (χ0v) is 9.71. The van der Waals surface area contributed by atoms with Crippen LogP contribution in [-0.2, 0) is 0 Å². The Hall–Kier alpha value is -2.04. The van der Waals surface area contributed by atoms with E-state index in [1.807, 2.05) is 18.2 Å². The van der Waals surface area contributed by atoms with Gasteiger partial charge in [0, 0.05) is 12.3 Å². The molecular weight excluding hydrogens is 204 g/mol. The van der Waals surface area contributed by atoms with E-state index in [1.54, 1.807) is 0 Å². The molecule has 2 aromatic carbocycles. The van der Waals surface area contributed by atoms with Crippen molar-refractivity contribution in [2.75, 3.05) is 0 Å². The third-order valence-corrected chi connectivity index (χ3v) is 2.72. The van der Waals surface area contributed by atoms with E-state index in [1.165, 1.54) is 11.1 Å². The third-order valence-electron chi connectivity index (χ3n) is 2.72. The van der Waals surface area contributed by atoms with Gasteiger partial charge in [0.25, 0.3) is 0 Å². The predicted octanol–water partition coefficient (Wildman–Crippen LogP) is 4.36. The van der Waals surface area contributed by atoms with Crippen molar-refractivity contribution in [3.63, 3.8) is 0 Å².